The van der Waals surface area contributed by atoms with Crippen molar-refractivity contribution < 1.29 is 14.8 Å². The molecule has 1 aliphatic carbocycles. The first kappa shape index (κ1) is 14.6. The first-order chi connectivity index (χ1) is 9.52. The molecule has 1 aromatic rings. The third kappa shape index (κ3) is 3.39. The minimum Gasteiger partial charge on any atom is -0.484 e. The number of benzene rings is 1. The summed E-state index contributed by atoms with van der Waals surface area (Å²) in [6, 6.07) is 5.32. The summed E-state index contributed by atoms with van der Waals surface area (Å²) >= 11 is 0. The van der Waals surface area contributed by atoms with Crippen molar-refractivity contribution in [1.82, 2.24) is 0 Å². The van der Waals surface area contributed by atoms with Gasteiger partial charge in [0.05, 0.1) is 17.6 Å². The van der Waals surface area contributed by atoms with Crippen LogP contribution in [0.15, 0.2) is 18.2 Å². The van der Waals surface area contributed by atoms with Gasteiger partial charge in [0.1, 0.15) is 0 Å². The third-order valence-electron chi connectivity index (χ3n) is 3.16. The van der Waals surface area contributed by atoms with Crippen LogP contribution in [0.4, 0.5) is 11.4 Å². The number of nitrogens with zero attached hydrogens (tertiary/aromatic N) is 2. The smallest absolute Gasteiger partial charge is 0.311 e. The van der Waals surface area contributed by atoms with Crippen LogP contribution in [0.2, 0.25) is 0 Å². The molecule has 1 fully saturated rings. The molecule has 0 spiro atoms. The second-order valence-electron chi connectivity index (χ2n) is 5.22. The van der Waals surface area contributed by atoms with E-state index in [4.69, 9.17) is 9.84 Å². The largest absolute Gasteiger partial charge is 0.484 e. The highest BCUT2D eigenvalue weighted by atomic mass is 16.6. The zero-order valence-electron chi connectivity index (χ0n) is 11.8. The summed E-state index contributed by atoms with van der Waals surface area (Å²) in [5.74, 6) is 0.283. The Kier molecular flexibility index (Phi) is 4.44. The molecule has 20 heavy (non-hydrogen) atoms. The Bertz CT molecular complexity index is 486. The molecule has 0 atom stereocenters. The van der Waals surface area contributed by atoms with Gasteiger partial charge in [-0.25, -0.2) is 0 Å². The number of anilines is 1. The normalized spacial score (nSPS) is 14.4. The lowest BCUT2D eigenvalue weighted by atomic mass is 10.2. The van der Waals surface area contributed by atoms with Gasteiger partial charge in [0.15, 0.2) is 5.75 Å². The minimum absolute atomic E-state index is 0.0257. The van der Waals surface area contributed by atoms with Crippen molar-refractivity contribution in [1.29, 1.82) is 0 Å². The number of aliphatic hydroxyl groups is 1. The first-order valence-electron chi connectivity index (χ1n) is 6.85. The van der Waals surface area contributed by atoms with Gasteiger partial charge < -0.3 is 14.7 Å². The van der Waals surface area contributed by atoms with Crippen molar-refractivity contribution in [2.24, 2.45) is 0 Å². The molecule has 2 rings (SSSR count). The molecule has 1 aromatic carbocycles. The van der Waals surface area contributed by atoms with E-state index in [0.29, 0.717) is 12.6 Å². The molecule has 0 aromatic heterocycles. The van der Waals surface area contributed by atoms with Gasteiger partial charge in [-0.15, -0.1) is 0 Å². The lowest BCUT2D eigenvalue weighted by Gasteiger charge is -2.24. The molecular formula is C14H20N2O4. The van der Waals surface area contributed by atoms with Crippen LogP contribution >= 0.6 is 0 Å². The predicted molar refractivity (Wildman–Crippen MR) is 76.3 cm³/mol. The van der Waals surface area contributed by atoms with Crippen molar-refractivity contribution >= 4 is 11.4 Å². The summed E-state index contributed by atoms with van der Waals surface area (Å²) in [4.78, 5) is 12.7. The predicted octanol–water partition coefficient (Wildman–Crippen LogP) is 2.34. The maximum atomic E-state index is 11.0. The molecule has 0 radical (unpaired) electrons. The molecule has 0 saturated heterocycles. The molecule has 0 amide bonds. The van der Waals surface area contributed by atoms with Crippen LogP contribution < -0.4 is 9.64 Å². The molecular weight excluding hydrogens is 260 g/mol. The molecule has 6 nitrogen and oxygen atoms in total. The number of rotatable bonds is 7. The van der Waals surface area contributed by atoms with Crippen LogP contribution in [0, 0.1) is 10.1 Å². The Balaban J connectivity index is 2.31. The average molecular weight is 280 g/mol. The number of nitro benzene ring substituents is 1. The fourth-order valence-electron chi connectivity index (χ4n) is 2.20. The zero-order valence-corrected chi connectivity index (χ0v) is 11.8. The quantitative estimate of drug-likeness (QED) is 0.613. The van der Waals surface area contributed by atoms with Gasteiger partial charge in [-0.05, 0) is 32.8 Å². The van der Waals surface area contributed by atoms with E-state index in [9.17, 15) is 10.1 Å². The summed E-state index contributed by atoms with van der Waals surface area (Å²) in [5, 5.41) is 20.2. The topological polar surface area (TPSA) is 75.8 Å². The maximum Gasteiger partial charge on any atom is 0.311 e. The fourth-order valence-corrected chi connectivity index (χ4v) is 2.20. The Labute approximate surface area is 118 Å². The van der Waals surface area contributed by atoms with E-state index in [1.54, 1.807) is 12.1 Å². The summed E-state index contributed by atoms with van der Waals surface area (Å²) in [5.41, 5.74) is 0.838. The van der Waals surface area contributed by atoms with Crippen molar-refractivity contribution in [2.75, 3.05) is 18.1 Å². The van der Waals surface area contributed by atoms with E-state index in [1.165, 1.54) is 6.07 Å². The molecule has 6 heteroatoms. The van der Waals surface area contributed by atoms with Gasteiger partial charge in [-0.3, -0.25) is 10.1 Å². The van der Waals surface area contributed by atoms with E-state index in [1.807, 2.05) is 13.8 Å². The third-order valence-corrected chi connectivity index (χ3v) is 3.16. The lowest BCUT2D eigenvalue weighted by Crippen LogP contribution is -2.28. The molecule has 0 bridgehead atoms. The van der Waals surface area contributed by atoms with Gasteiger partial charge in [0.2, 0.25) is 0 Å². The van der Waals surface area contributed by atoms with Gasteiger partial charge >= 0.3 is 5.69 Å². The molecule has 1 saturated carbocycles. The molecule has 110 valence electrons. The van der Waals surface area contributed by atoms with Crippen molar-refractivity contribution in [3.63, 3.8) is 0 Å². The second kappa shape index (κ2) is 6.09. The molecule has 0 heterocycles. The monoisotopic (exact) mass is 280 g/mol. The standard InChI is InChI=1S/C14H20N2O4/c1-10(2)20-14-9-12(5-6-13(14)16(18)19)15(7-8-17)11-3-4-11/h5-6,9-11,17H,3-4,7-8H2,1-2H3. The van der Waals surface area contributed by atoms with E-state index in [2.05, 4.69) is 4.90 Å². The van der Waals surface area contributed by atoms with Crippen molar-refractivity contribution in [3.8, 4) is 5.75 Å². The highest BCUT2D eigenvalue weighted by Gasteiger charge is 2.30. The Morgan fingerprint density at radius 3 is 2.70 bits per heavy atom. The second-order valence-corrected chi connectivity index (χ2v) is 5.22. The van der Waals surface area contributed by atoms with E-state index >= 15 is 0 Å². The van der Waals surface area contributed by atoms with Gasteiger partial charge in [-0.1, -0.05) is 0 Å². The zero-order chi connectivity index (χ0) is 14.7. The molecule has 1 N–H and O–H groups in total. The number of nitro groups is 1. The summed E-state index contributed by atoms with van der Waals surface area (Å²) < 4.78 is 5.54. The number of hydrogen-bond acceptors (Lipinski definition) is 5. The fraction of sp³-hybridized carbons (Fsp3) is 0.571. The molecule has 0 aliphatic heterocycles. The summed E-state index contributed by atoms with van der Waals surface area (Å²) in [7, 11) is 0. The van der Waals surface area contributed by atoms with Crippen LogP contribution in [-0.4, -0.2) is 35.3 Å². The summed E-state index contributed by atoms with van der Waals surface area (Å²) in [6.45, 7) is 4.27. The maximum absolute atomic E-state index is 11.0. The SMILES string of the molecule is CC(C)Oc1cc(N(CCO)C2CC2)ccc1[N+](=O)[O-]. The van der Waals surface area contributed by atoms with Crippen molar-refractivity contribution in [2.45, 2.75) is 38.8 Å². The number of aliphatic hydroxyl groups excluding tert-OH is 1. The van der Waals surface area contributed by atoms with Gasteiger partial charge in [-0.2, -0.15) is 0 Å². The van der Waals surface area contributed by atoms with Crippen LogP contribution in [0.5, 0.6) is 5.75 Å². The van der Waals surface area contributed by atoms with Crippen molar-refractivity contribution in [3.05, 3.63) is 28.3 Å². The van der Waals surface area contributed by atoms with Crippen LogP contribution in [-0.2, 0) is 0 Å². The Morgan fingerprint density at radius 2 is 2.20 bits per heavy atom. The average Bonchev–Trinajstić information content (AvgIpc) is 3.19. The van der Waals surface area contributed by atoms with Gasteiger partial charge in [0.25, 0.3) is 0 Å². The highest BCUT2D eigenvalue weighted by Crippen LogP contribution is 2.37. The van der Waals surface area contributed by atoms with Crippen LogP contribution in [0.1, 0.15) is 26.7 Å². The van der Waals surface area contributed by atoms with Crippen LogP contribution in [0.3, 0.4) is 0 Å². The minimum atomic E-state index is -0.436. The summed E-state index contributed by atoms with van der Waals surface area (Å²) in [6.07, 6.45) is 2.06. The number of hydrogen-bond donors (Lipinski definition) is 1. The number of ether oxygens (including phenoxy) is 1. The Hall–Kier alpha value is -1.82. The van der Waals surface area contributed by atoms with E-state index in [-0.39, 0.29) is 24.1 Å². The molecule has 0 unspecified atom stereocenters. The lowest BCUT2D eigenvalue weighted by molar-refractivity contribution is -0.386. The van der Waals surface area contributed by atoms with Gasteiger partial charge in [0, 0.05) is 30.4 Å². The van der Waals surface area contributed by atoms with Crippen LogP contribution in [0.25, 0.3) is 0 Å². The molecule has 1 aliphatic rings. The highest BCUT2D eigenvalue weighted by molar-refractivity contribution is 5.60. The van der Waals surface area contributed by atoms with E-state index < -0.39 is 4.92 Å². The first-order valence-corrected chi connectivity index (χ1v) is 6.85. The van der Waals surface area contributed by atoms with E-state index in [0.717, 1.165) is 18.5 Å². The Morgan fingerprint density at radius 1 is 1.50 bits per heavy atom.